The Hall–Kier alpha value is -0.410. The van der Waals surface area contributed by atoms with Crippen molar-refractivity contribution in [2.24, 2.45) is 11.7 Å². The minimum atomic E-state index is -1.01. The molecule has 3 nitrogen and oxygen atoms in total. The quantitative estimate of drug-likeness (QED) is 0.479. The molecule has 0 radical (unpaired) electrons. The summed E-state index contributed by atoms with van der Waals surface area (Å²) in [6, 6.07) is 0. The van der Waals surface area contributed by atoms with Crippen LogP contribution in [0.2, 0.25) is 0 Å². The van der Waals surface area contributed by atoms with E-state index < -0.39 is 12.1 Å². The molecule has 0 amide bonds. The third-order valence-corrected chi connectivity index (χ3v) is 1.15. The minimum Gasteiger partial charge on any atom is -0.378 e. The molecular weight excluding hydrogens is 106 g/mol. The summed E-state index contributed by atoms with van der Waals surface area (Å²) >= 11 is 0. The van der Waals surface area contributed by atoms with Gasteiger partial charge in [-0.3, -0.25) is 4.79 Å². The summed E-state index contributed by atoms with van der Waals surface area (Å²) in [5.41, 5.74) is 4.97. The largest absolute Gasteiger partial charge is 0.378 e. The van der Waals surface area contributed by atoms with Gasteiger partial charge in [-0.25, -0.2) is 0 Å². The Morgan fingerprint density at radius 3 is 2.12 bits per heavy atom. The summed E-state index contributed by atoms with van der Waals surface area (Å²) in [6.45, 7) is 2.99. The van der Waals surface area contributed by atoms with E-state index in [4.69, 9.17) is 10.8 Å². The second-order valence-electron chi connectivity index (χ2n) is 1.89. The zero-order valence-corrected chi connectivity index (χ0v) is 5.09. The third-order valence-electron chi connectivity index (χ3n) is 1.15. The van der Waals surface area contributed by atoms with E-state index in [-0.39, 0.29) is 5.78 Å². The maximum Gasteiger partial charge on any atom is 0.136 e. The Morgan fingerprint density at radius 1 is 1.75 bits per heavy atom. The molecular formula is C5H11NO2. The Bertz CT molecular complexity index is 90.4. The number of rotatable bonds is 2. The van der Waals surface area contributed by atoms with Crippen LogP contribution in [0.15, 0.2) is 0 Å². The normalized spacial score (nSPS) is 17.5. The van der Waals surface area contributed by atoms with Gasteiger partial charge in [0, 0.05) is 0 Å². The second-order valence-corrected chi connectivity index (χ2v) is 1.89. The SMILES string of the molecule is CC(=O)C(C)C(N)O. The number of carbonyl (C=O) groups excluding carboxylic acids is 1. The van der Waals surface area contributed by atoms with E-state index in [0.29, 0.717) is 0 Å². The Morgan fingerprint density at radius 2 is 2.12 bits per heavy atom. The average Bonchev–Trinajstić information content (AvgIpc) is 1.64. The van der Waals surface area contributed by atoms with Crippen LogP contribution in [0.4, 0.5) is 0 Å². The van der Waals surface area contributed by atoms with Crippen molar-refractivity contribution >= 4 is 5.78 Å². The lowest BCUT2D eigenvalue weighted by Crippen LogP contribution is -2.31. The fourth-order valence-electron chi connectivity index (χ4n) is 0.240. The first kappa shape index (κ1) is 7.59. The fourth-order valence-corrected chi connectivity index (χ4v) is 0.240. The molecule has 8 heavy (non-hydrogen) atoms. The molecule has 0 aromatic rings. The lowest BCUT2D eigenvalue weighted by molar-refractivity contribution is -0.123. The van der Waals surface area contributed by atoms with Gasteiger partial charge < -0.3 is 10.8 Å². The third kappa shape index (κ3) is 2.04. The molecule has 3 heteroatoms. The molecule has 0 aliphatic carbocycles. The summed E-state index contributed by atoms with van der Waals surface area (Å²) < 4.78 is 0. The highest BCUT2D eigenvalue weighted by Crippen LogP contribution is 1.96. The second kappa shape index (κ2) is 2.79. The summed E-state index contributed by atoms with van der Waals surface area (Å²) in [5, 5.41) is 8.55. The zero-order chi connectivity index (χ0) is 6.73. The van der Waals surface area contributed by atoms with Crippen LogP contribution in [0.5, 0.6) is 0 Å². The maximum atomic E-state index is 10.3. The number of hydrogen-bond acceptors (Lipinski definition) is 3. The number of aliphatic hydroxyl groups is 1. The van der Waals surface area contributed by atoms with Crippen LogP contribution >= 0.6 is 0 Å². The highest BCUT2D eigenvalue weighted by Gasteiger charge is 2.12. The van der Waals surface area contributed by atoms with Crippen LogP contribution < -0.4 is 5.73 Å². The molecule has 0 bridgehead atoms. The number of aliphatic hydroxyl groups excluding tert-OH is 1. The van der Waals surface area contributed by atoms with Crippen molar-refractivity contribution in [1.82, 2.24) is 0 Å². The van der Waals surface area contributed by atoms with Gasteiger partial charge in [0.25, 0.3) is 0 Å². The van der Waals surface area contributed by atoms with E-state index >= 15 is 0 Å². The molecule has 0 saturated carbocycles. The fraction of sp³-hybridized carbons (Fsp3) is 0.800. The van der Waals surface area contributed by atoms with Crippen LogP contribution in [0.25, 0.3) is 0 Å². The van der Waals surface area contributed by atoms with Gasteiger partial charge in [0.05, 0.1) is 5.92 Å². The molecule has 2 unspecified atom stereocenters. The van der Waals surface area contributed by atoms with Crippen LogP contribution in [-0.4, -0.2) is 17.1 Å². The van der Waals surface area contributed by atoms with Crippen molar-refractivity contribution in [3.63, 3.8) is 0 Å². The van der Waals surface area contributed by atoms with Crippen molar-refractivity contribution in [1.29, 1.82) is 0 Å². The predicted octanol–water partition coefficient (Wildman–Crippen LogP) is -0.511. The number of carbonyl (C=O) groups is 1. The van der Waals surface area contributed by atoms with E-state index in [0.717, 1.165) is 0 Å². The summed E-state index contributed by atoms with van der Waals surface area (Å²) in [4.78, 5) is 10.3. The van der Waals surface area contributed by atoms with Gasteiger partial charge in [0.2, 0.25) is 0 Å². The van der Waals surface area contributed by atoms with Crippen LogP contribution in [0.1, 0.15) is 13.8 Å². The highest BCUT2D eigenvalue weighted by atomic mass is 16.3. The van der Waals surface area contributed by atoms with Crippen molar-refractivity contribution < 1.29 is 9.90 Å². The topological polar surface area (TPSA) is 63.3 Å². The molecule has 0 fully saturated rings. The highest BCUT2D eigenvalue weighted by molar-refractivity contribution is 5.78. The van der Waals surface area contributed by atoms with Crippen LogP contribution in [-0.2, 0) is 4.79 Å². The van der Waals surface area contributed by atoms with E-state index in [1.54, 1.807) is 6.92 Å². The van der Waals surface area contributed by atoms with Gasteiger partial charge in [0.15, 0.2) is 0 Å². The van der Waals surface area contributed by atoms with Crippen molar-refractivity contribution in [2.45, 2.75) is 20.1 Å². The zero-order valence-electron chi connectivity index (χ0n) is 5.09. The van der Waals surface area contributed by atoms with E-state index in [2.05, 4.69) is 0 Å². The van der Waals surface area contributed by atoms with Crippen molar-refractivity contribution in [2.75, 3.05) is 0 Å². The number of ketones is 1. The predicted molar refractivity (Wildman–Crippen MR) is 30.0 cm³/mol. The first-order valence-electron chi connectivity index (χ1n) is 2.50. The average molecular weight is 117 g/mol. The molecule has 0 aliphatic rings. The molecule has 0 rings (SSSR count). The lowest BCUT2D eigenvalue weighted by Gasteiger charge is -2.08. The molecule has 0 aromatic heterocycles. The Kier molecular flexibility index (Phi) is 2.65. The smallest absolute Gasteiger partial charge is 0.136 e. The summed E-state index contributed by atoms with van der Waals surface area (Å²) in [6.07, 6.45) is -1.01. The molecule has 3 N–H and O–H groups in total. The van der Waals surface area contributed by atoms with Gasteiger partial charge in [-0.2, -0.15) is 0 Å². The van der Waals surface area contributed by atoms with E-state index in [9.17, 15) is 4.79 Å². The maximum absolute atomic E-state index is 10.3. The monoisotopic (exact) mass is 117 g/mol. The lowest BCUT2D eigenvalue weighted by atomic mass is 10.1. The molecule has 0 aliphatic heterocycles. The standard InChI is InChI=1S/C5H11NO2/c1-3(4(2)7)5(6)8/h3,5,8H,6H2,1-2H3. The number of nitrogens with two attached hydrogens (primary N) is 1. The van der Waals surface area contributed by atoms with Crippen LogP contribution in [0.3, 0.4) is 0 Å². The first-order chi connectivity index (χ1) is 3.55. The molecule has 0 saturated heterocycles. The molecule has 0 spiro atoms. The summed E-state index contributed by atoms with van der Waals surface area (Å²) in [5.74, 6) is -0.519. The van der Waals surface area contributed by atoms with E-state index in [1.165, 1.54) is 6.92 Å². The van der Waals surface area contributed by atoms with Gasteiger partial charge in [-0.1, -0.05) is 6.92 Å². The van der Waals surface area contributed by atoms with Crippen molar-refractivity contribution in [3.05, 3.63) is 0 Å². The van der Waals surface area contributed by atoms with Gasteiger partial charge in [0.1, 0.15) is 12.0 Å². The van der Waals surface area contributed by atoms with Crippen molar-refractivity contribution in [3.8, 4) is 0 Å². The molecule has 0 heterocycles. The van der Waals surface area contributed by atoms with E-state index in [1.807, 2.05) is 0 Å². The first-order valence-corrected chi connectivity index (χ1v) is 2.50. The molecule has 48 valence electrons. The minimum absolute atomic E-state index is 0.0833. The number of hydrogen-bond donors (Lipinski definition) is 2. The Balaban J connectivity index is 3.64. The molecule has 0 aromatic carbocycles. The van der Waals surface area contributed by atoms with Gasteiger partial charge in [-0.05, 0) is 6.92 Å². The number of Topliss-reactive ketones (excluding diaryl/α,β-unsaturated/α-hetero) is 1. The Labute approximate surface area is 48.5 Å². The summed E-state index contributed by atoms with van der Waals surface area (Å²) in [7, 11) is 0. The van der Waals surface area contributed by atoms with Gasteiger partial charge >= 0.3 is 0 Å². The molecule has 2 atom stereocenters. The van der Waals surface area contributed by atoms with Crippen LogP contribution in [0, 0.1) is 5.92 Å². The van der Waals surface area contributed by atoms with Gasteiger partial charge in [-0.15, -0.1) is 0 Å².